The maximum absolute atomic E-state index is 13.8. The second-order valence-corrected chi connectivity index (χ2v) is 6.37. The van der Waals surface area contributed by atoms with Gasteiger partial charge in [-0.15, -0.1) is 10.2 Å². The Balaban J connectivity index is 1.63. The number of hydrogen-bond donors (Lipinski definition) is 1. The number of hydrogen-bond acceptors (Lipinski definition) is 4. The molecule has 0 radical (unpaired) electrons. The van der Waals surface area contributed by atoms with Gasteiger partial charge in [0.15, 0.2) is 5.65 Å². The highest BCUT2D eigenvalue weighted by Gasteiger charge is 2.10. The lowest BCUT2D eigenvalue weighted by Gasteiger charge is -2.02. The number of benzene rings is 2. The molecule has 2 heterocycles. The maximum Gasteiger partial charge on any atom is 0.211 e. The average molecular weight is 345 g/mol. The summed E-state index contributed by atoms with van der Waals surface area (Å²) >= 11 is 7.08. The van der Waals surface area contributed by atoms with Gasteiger partial charge in [0.2, 0.25) is 5.16 Å². The Kier molecular flexibility index (Phi) is 3.63. The van der Waals surface area contributed by atoms with Gasteiger partial charge in [0.1, 0.15) is 11.3 Å². The largest absolute Gasteiger partial charge is 0.338 e. The van der Waals surface area contributed by atoms with E-state index in [0.29, 0.717) is 27.1 Å². The van der Waals surface area contributed by atoms with Gasteiger partial charge in [-0.05, 0) is 23.8 Å². The molecule has 1 N–H and O–H groups in total. The molecule has 23 heavy (non-hydrogen) atoms. The molecule has 0 bridgehead atoms. The van der Waals surface area contributed by atoms with E-state index in [1.807, 2.05) is 24.3 Å². The van der Waals surface area contributed by atoms with Crippen LogP contribution in [0.25, 0.3) is 22.1 Å². The summed E-state index contributed by atoms with van der Waals surface area (Å²) in [5, 5.41) is 10.2. The first-order chi connectivity index (χ1) is 11.2. The molecule has 0 saturated carbocycles. The van der Waals surface area contributed by atoms with Crippen molar-refractivity contribution < 1.29 is 4.39 Å². The van der Waals surface area contributed by atoms with E-state index in [-0.39, 0.29) is 5.82 Å². The lowest BCUT2D eigenvalue weighted by molar-refractivity contribution is 0.617. The van der Waals surface area contributed by atoms with Crippen molar-refractivity contribution in [3.63, 3.8) is 0 Å². The van der Waals surface area contributed by atoms with Crippen LogP contribution in [0, 0.1) is 5.82 Å². The van der Waals surface area contributed by atoms with Crippen LogP contribution in [0.2, 0.25) is 5.02 Å². The van der Waals surface area contributed by atoms with Gasteiger partial charge in [-0.25, -0.2) is 9.37 Å². The van der Waals surface area contributed by atoms with Crippen LogP contribution in [-0.4, -0.2) is 20.2 Å². The first kappa shape index (κ1) is 14.4. The normalized spacial score (nSPS) is 11.4. The van der Waals surface area contributed by atoms with Crippen LogP contribution in [0.4, 0.5) is 4.39 Å². The van der Waals surface area contributed by atoms with Crippen molar-refractivity contribution in [3.8, 4) is 0 Å². The topological polar surface area (TPSA) is 54.5 Å². The van der Waals surface area contributed by atoms with Crippen LogP contribution >= 0.6 is 23.4 Å². The number of nitrogens with zero attached hydrogens (tertiary/aromatic N) is 3. The highest BCUT2D eigenvalue weighted by molar-refractivity contribution is 7.98. The molecule has 114 valence electrons. The van der Waals surface area contributed by atoms with Crippen molar-refractivity contribution in [2.24, 2.45) is 0 Å². The maximum atomic E-state index is 13.8. The Bertz CT molecular complexity index is 1020. The van der Waals surface area contributed by atoms with E-state index in [1.54, 1.807) is 12.1 Å². The van der Waals surface area contributed by atoms with Crippen molar-refractivity contribution in [2.45, 2.75) is 10.9 Å². The van der Waals surface area contributed by atoms with Gasteiger partial charge in [-0.2, -0.15) is 0 Å². The van der Waals surface area contributed by atoms with E-state index in [4.69, 9.17) is 11.6 Å². The summed E-state index contributed by atoms with van der Waals surface area (Å²) in [4.78, 5) is 7.68. The van der Waals surface area contributed by atoms with Crippen molar-refractivity contribution in [1.82, 2.24) is 20.2 Å². The van der Waals surface area contributed by atoms with E-state index in [9.17, 15) is 4.39 Å². The second kappa shape index (κ2) is 5.79. The molecule has 4 nitrogen and oxygen atoms in total. The zero-order valence-corrected chi connectivity index (χ0v) is 13.3. The molecule has 0 saturated heterocycles. The minimum atomic E-state index is -0.329. The molecule has 0 amide bonds. The van der Waals surface area contributed by atoms with Gasteiger partial charge in [-0.3, -0.25) is 0 Å². The van der Waals surface area contributed by atoms with Crippen LogP contribution in [0.1, 0.15) is 5.56 Å². The predicted octanol–water partition coefficient (Wildman–Crippen LogP) is 4.59. The van der Waals surface area contributed by atoms with Crippen molar-refractivity contribution in [2.75, 3.05) is 0 Å². The van der Waals surface area contributed by atoms with E-state index in [0.717, 1.165) is 16.4 Å². The Labute approximate surface area is 140 Å². The van der Waals surface area contributed by atoms with Gasteiger partial charge >= 0.3 is 0 Å². The fourth-order valence-corrected chi connectivity index (χ4v) is 3.28. The molecule has 2 aromatic heterocycles. The number of aromatic amines is 1. The second-order valence-electron chi connectivity index (χ2n) is 4.99. The molecule has 2 aromatic carbocycles. The quantitative estimate of drug-likeness (QED) is 0.552. The molecule has 0 aliphatic rings. The minimum Gasteiger partial charge on any atom is -0.338 e. The summed E-state index contributed by atoms with van der Waals surface area (Å²) in [5.41, 5.74) is 2.94. The van der Waals surface area contributed by atoms with Crippen LogP contribution in [-0.2, 0) is 5.75 Å². The molecule has 0 fully saturated rings. The van der Waals surface area contributed by atoms with Gasteiger partial charge in [-0.1, -0.05) is 47.6 Å². The number of fused-ring (bicyclic) bond motifs is 3. The van der Waals surface area contributed by atoms with Crippen LogP contribution < -0.4 is 0 Å². The highest BCUT2D eigenvalue weighted by Crippen LogP contribution is 2.26. The number of rotatable bonds is 3. The monoisotopic (exact) mass is 344 g/mol. The first-order valence-corrected chi connectivity index (χ1v) is 8.25. The van der Waals surface area contributed by atoms with Crippen molar-refractivity contribution in [3.05, 3.63) is 58.9 Å². The zero-order valence-electron chi connectivity index (χ0n) is 11.8. The van der Waals surface area contributed by atoms with Gasteiger partial charge < -0.3 is 4.98 Å². The zero-order chi connectivity index (χ0) is 15.8. The number of thioether (sulfide) groups is 1. The molecular formula is C16H10ClFN4S. The fourth-order valence-electron chi connectivity index (χ4n) is 2.35. The molecule has 0 spiro atoms. The SMILES string of the molecule is Fc1cc(Cl)ccc1CSc1nnc2c(n1)[nH]c1ccccc12. The Morgan fingerprint density at radius 3 is 2.87 bits per heavy atom. The summed E-state index contributed by atoms with van der Waals surface area (Å²) < 4.78 is 13.8. The summed E-state index contributed by atoms with van der Waals surface area (Å²) in [5.74, 6) is 0.0841. The smallest absolute Gasteiger partial charge is 0.211 e. The molecule has 4 rings (SSSR count). The van der Waals surface area contributed by atoms with E-state index in [1.165, 1.54) is 17.8 Å². The summed E-state index contributed by atoms with van der Waals surface area (Å²) in [7, 11) is 0. The minimum absolute atomic E-state index is 0.329. The van der Waals surface area contributed by atoms with Crippen molar-refractivity contribution in [1.29, 1.82) is 0 Å². The van der Waals surface area contributed by atoms with E-state index >= 15 is 0 Å². The molecule has 0 aliphatic carbocycles. The predicted molar refractivity (Wildman–Crippen MR) is 90.2 cm³/mol. The first-order valence-electron chi connectivity index (χ1n) is 6.88. The van der Waals surface area contributed by atoms with Gasteiger partial charge in [0, 0.05) is 21.7 Å². The van der Waals surface area contributed by atoms with Crippen molar-refractivity contribution >= 4 is 45.4 Å². The Hall–Kier alpha value is -2.18. The number of aromatic nitrogens is 4. The standard InChI is InChI=1S/C16H10ClFN4S/c17-10-6-5-9(12(18)7-10)8-23-16-20-15-14(21-22-16)11-3-1-2-4-13(11)19-15/h1-7H,8H2,(H,19,20,22). The number of para-hydroxylation sites is 1. The molecule has 4 aromatic rings. The van der Waals surface area contributed by atoms with Crippen LogP contribution in [0.3, 0.4) is 0 Å². The third-order valence-corrected chi connectivity index (χ3v) is 4.60. The molecule has 0 aliphatic heterocycles. The molecule has 0 unspecified atom stereocenters. The number of halogens is 2. The third kappa shape index (κ3) is 2.75. The number of H-pyrrole nitrogens is 1. The summed E-state index contributed by atoms with van der Waals surface area (Å²) in [6.45, 7) is 0. The summed E-state index contributed by atoms with van der Waals surface area (Å²) in [6, 6.07) is 12.5. The Morgan fingerprint density at radius 2 is 2.00 bits per heavy atom. The third-order valence-electron chi connectivity index (χ3n) is 3.47. The highest BCUT2D eigenvalue weighted by atomic mass is 35.5. The van der Waals surface area contributed by atoms with Gasteiger partial charge in [0.05, 0.1) is 0 Å². The molecule has 7 heteroatoms. The van der Waals surface area contributed by atoms with Gasteiger partial charge in [0.25, 0.3) is 0 Å². The van der Waals surface area contributed by atoms with E-state index < -0.39 is 0 Å². The molecule has 0 atom stereocenters. The Morgan fingerprint density at radius 1 is 1.13 bits per heavy atom. The van der Waals surface area contributed by atoms with E-state index in [2.05, 4.69) is 20.2 Å². The van der Waals surface area contributed by atoms with Crippen LogP contribution in [0.15, 0.2) is 47.6 Å². The van der Waals surface area contributed by atoms with Crippen LogP contribution in [0.5, 0.6) is 0 Å². The molecular weight excluding hydrogens is 335 g/mol. The summed E-state index contributed by atoms with van der Waals surface area (Å²) in [6.07, 6.45) is 0. The average Bonchev–Trinajstić information content (AvgIpc) is 2.91. The lowest BCUT2D eigenvalue weighted by Crippen LogP contribution is -1.93. The number of nitrogens with one attached hydrogen (secondary N) is 1. The fraction of sp³-hybridized carbons (Fsp3) is 0.0625. The lowest BCUT2D eigenvalue weighted by atomic mass is 10.2.